The lowest BCUT2D eigenvalue weighted by atomic mass is 10.6. The summed E-state index contributed by atoms with van der Waals surface area (Å²) in [5.41, 5.74) is 0. The highest BCUT2D eigenvalue weighted by molar-refractivity contribution is 7.86. The maximum atomic E-state index is 10.4. The van der Waals surface area contributed by atoms with E-state index in [1.165, 1.54) is 0 Å². The fourth-order valence-corrected chi connectivity index (χ4v) is 0.790. The zero-order valence-corrected chi connectivity index (χ0v) is 6.02. The van der Waals surface area contributed by atoms with Gasteiger partial charge in [-0.3, -0.25) is 9.35 Å². The van der Waals surface area contributed by atoms with Crippen LogP contribution in [-0.2, 0) is 14.9 Å². The second-order valence-corrected chi connectivity index (χ2v) is 3.03. The first-order valence-corrected chi connectivity index (χ1v) is 4.07. The Morgan fingerprint density at radius 2 is 2.10 bits per heavy atom. The summed E-state index contributed by atoms with van der Waals surface area (Å²) < 4.78 is 28.1. The van der Waals surface area contributed by atoms with E-state index < -0.39 is 21.8 Å². The van der Waals surface area contributed by atoms with Gasteiger partial charge in [-0.25, -0.2) is 0 Å². The lowest BCUT2D eigenvalue weighted by Crippen LogP contribution is -2.29. The fraction of sp³-hybridized carbons (Fsp3) is 0.500. The lowest BCUT2D eigenvalue weighted by Gasteiger charge is -1.97. The SMILES string of the molecule is [CH2]CNC(=O)CS(=O)(=O)O. The smallest absolute Gasteiger partial charge is 0.274 e. The predicted molar refractivity (Wildman–Crippen MR) is 34.8 cm³/mol. The van der Waals surface area contributed by atoms with Crippen molar-refractivity contribution in [3.05, 3.63) is 6.92 Å². The van der Waals surface area contributed by atoms with E-state index in [4.69, 9.17) is 4.55 Å². The van der Waals surface area contributed by atoms with Gasteiger partial charge in [0.15, 0.2) is 5.75 Å². The molecule has 0 fully saturated rings. The van der Waals surface area contributed by atoms with Gasteiger partial charge in [0.1, 0.15) is 0 Å². The van der Waals surface area contributed by atoms with E-state index >= 15 is 0 Å². The molecule has 0 aliphatic heterocycles. The van der Waals surface area contributed by atoms with Crippen LogP contribution < -0.4 is 5.32 Å². The Bertz CT molecular complexity index is 207. The van der Waals surface area contributed by atoms with Gasteiger partial charge in [0.25, 0.3) is 10.1 Å². The second kappa shape index (κ2) is 3.52. The third-order valence-electron chi connectivity index (χ3n) is 0.636. The van der Waals surface area contributed by atoms with Gasteiger partial charge in [-0.05, 0) is 6.92 Å². The van der Waals surface area contributed by atoms with Crippen LogP contribution in [0.25, 0.3) is 0 Å². The summed E-state index contributed by atoms with van der Waals surface area (Å²) in [4.78, 5) is 10.4. The van der Waals surface area contributed by atoms with Crippen molar-refractivity contribution in [1.29, 1.82) is 0 Å². The lowest BCUT2D eigenvalue weighted by molar-refractivity contribution is -0.118. The van der Waals surface area contributed by atoms with E-state index in [9.17, 15) is 13.2 Å². The van der Waals surface area contributed by atoms with E-state index in [0.717, 1.165) is 0 Å². The second-order valence-electron chi connectivity index (χ2n) is 1.58. The number of carbonyl (C=O) groups is 1. The summed E-state index contributed by atoms with van der Waals surface area (Å²) in [6.07, 6.45) is 0. The molecule has 0 aliphatic carbocycles. The number of rotatable bonds is 3. The van der Waals surface area contributed by atoms with E-state index in [2.05, 4.69) is 12.2 Å². The number of amides is 1. The quantitative estimate of drug-likeness (QED) is 0.517. The Morgan fingerprint density at radius 1 is 1.60 bits per heavy atom. The van der Waals surface area contributed by atoms with Crippen molar-refractivity contribution in [3.63, 3.8) is 0 Å². The monoisotopic (exact) mass is 166 g/mol. The zero-order chi connectivity index (χ0) is 8.20. The van der Waals surface area contributed by atoms with Crippen molar-refractivity contribution in [3.8, 4) is 0 Å². The summed E-state index contributed by atoms with van der Waals surface area (Å²) in [7, 11) is -4.19. The Labute approximate surface area is 59.2 Å². The first-order chi connectivity index (χ1) is 4.45. The van der Waals surface area contributed by atoms with Crippen molar-refractivity contribution in [2.75, 3.05) is 12.3 Å². The summed E-state index contributed by atoms with van der Waals surface area (Å²) in [5.74, 6) is -1.65. The molecule has 59 valence electrons. The minimum Gasteiger partial charge on any atom is -0.355 e. The molecule has 2 N–H and O–H groups in total. The number of nitrogens with one attached hydrogen (secondary N) is 1. The Morgan fingerprint density at radius 3 is 2.40 bits per heavy atom. The van der Waals surface area contributed by atoms with Gasteiger partial charge in [0.2, 0.25) is 5.91 Å². The van der Waals surface area contributed by atoms with Crippen LogP contribution in [0.4, 0.5) is 0 Å². The van der Waals surface area contributed by atoms with Crippen molar-refractivity contribution in [2.24, 2.45) is 0 Å². The molecule has 0 saturated heterocycles. The Kier molecular flexibility index (Phi) is 3.31. The third kappa shape index (κ3) is 5.52. The molecule has 0 atom stereocenters. The maximum Gasteiger partial charge on any atom is 0.274 e. The van der Waals surface area contributed by atoms with E-state index in [-0.39, 0.29) is 6.54 Å². The minimum absolute atomic E-state index is 0.106. The normalized spacial score (nSPS) is 11.0. The molecule has 0 unspecified atom stereocenters. The fourth-order valence-electron chi connectivity index (χ4n) is 0.356. The van der Waals surface area contributed by atoms with Crippen molar-refractivity contribution >= 4 is 16.0 Å². The molecule has 10 heavy (non-hydrogen) atoms. The highest BCUT2D eigenvalue weighted by Crippen LogP contribution is 1.79. The van der Waals surface area contributed by atoms with E-state index in [1.807, 2.05) is 0 Å². The van der Waals surface area contributed by atoms with Crippen molar-refractivity contribution in [1.82, 2.24) is 5.32 Å². The molecule has 0 saturated carbocycles. The zero-order valence-electron chi connectivity index (χ0n) is 5.20. The van der Waals surface area contributed by atoms with Crippen LogP contribution in [0.1, 0.15) is 0 Å². The van der Waals surface area contributed by atoms with Gasteiger partial charge in [0, 0.05) is 6.54 Å². The Balaban J connectivity index is 3.82. The van der Waals surface area contributed by atoms with Crippen molar-refractivity contribution in [2.45, 2.75) is 0 Å². The van der Waals surface area contributed by atoms with Gasteiger partial charge in [-0.2, -0.15) is 8.42 Å². The molecule has 1 radical (unpaired) electrons. The van der Waals surface area contributed by atoms with Crippen LogP contribution in [0.5, 0.6) is 0 Å². The molecular weight excluding hydrogens is 158 g/mol. The molecule has 5 nitrogen and oxygen atoms in total. The predicted octanol–water partition coefficient (Wildman–Crippen LogP) is -1.18. The van der Waals surface area contributed by atoms with E-state index in [1.54, 1.807) is 0 Å². The van der Waals surface area contributed by atoms with Crippen LogP contribution in [0.15, 0.2) is 0 Å². The Hall–Kier alpha value is -0.620. The maximum absolute atomic E-state index is 10.4. The van der Waals surface area contributed by atoms with Crippen LogP contribution in [-0.4, -0.2) is 31.2 Å². The van der Waals surface area contributed by atoms with Gasteiger partial charge < -0.3 is 5.32 Å². The number of carbonyl (C=O) groups excluding carboxylic acids is 1. The highest BCUT2D eigenvalue weighted by atomic mass is 32.2. The summed E-state index contributed by atoms with van der Waals surface area (Å²) >= 11 is 0. The molecule has 1 amide bonds. The average molecular weight is 166 g/mol. The van der Waals surface area contributed by atoms with Crippen LogP contribution in [0.3, 0.4) is 0 Å². The molecule has 0 aromatic rings. The molecular formula is C4H8NO4S. The molecule has 0 rings (SSSR count). The molecule has 0 aliphatic rings. The number of hydrogen-bond donors (Lipinski definition) is 2. The average Bonchev–Trinajstić information content (AvgIpc) is 1.59. The van der Waals surface area contributed by atoms with Crippen LogP contribution >= 0.6 is 0 Å². The largest absolute Gasteiger partial charge is 0.355 e. The minimum atomic E-state index is -4.19. The molecule has 0 bridgehead atoms. The van der Waals surface area contributed by atoms with Crippen LogP contribution in [0.2, 0.25) is 0 Å². The summed E-state index contributed by atoms with van der Waals surface area (Å²) in [6, 6.07) is 0. The van der Waals surface area contributed by atoms with Gasteiger partial charge in [-0.15, -0.1) is 0 Å². The first kappa shape index (κ1) is 9.38. The molecule has 0 aromatic heterocycles. The van der Waals surface area contributed by atoms with Gasteiger partial charge >= 0.3 is 0 Å². The van der Waals surface area contributed by atoms with E-state index in [0.29, 0.717) is 0 Å². The van der Waals surface area contributed by atoms with Gasteiger partial charge in [-0.1, -0.05) is 0 Å². The van der Waals surface area contributed by atoms with Gasteiger partial charge in [0.05, 0.1) is 0 Å². The summed E-state index contributed by atoms with van der Waals surface area (Å²) in [5, 5.41) is 2.11. The molecule has 0 spiro atoms. The standard InChI is InChI=1S/C4H8NO4S/c1-2-5-4(6)3-10(7,8)9/h1-3H2,(H,5,6)(H,7,8,9). The van der Waals surface area contributed by atoms with Crippen molar-refractivity contribution < 1.29 is 17.8 Å². The number of hydrogen-bond acceptors (Lipinski definition) is 3. The topological polar surface area (TPSA) is 83.5 Å². The molecule has 6 heteroatoms. The molecule has 0 aromatic carbocycles. The highest BCUT2D eigenvalue weighted by Gasteiger charge is 2.10. The first-order valence-electron chi connectivity index (χ1n) is 2.47. The summed E-state index contributed by atoms with van der Waals surface area (Å²) in [6.45, 7) is 3.35. The molecule has 0 heterocycles. The van der Waals surface area contributed by atoms with Crippen LogP contribution in [0, 0.1) is 6.92 Å². The third-order valence-corrected chi connectivity index (χ3v) is 1.26.